The zero-order chi connectivity index (χ0) is 30.7. The van der Waals surface area contributed by atoms with Gasteiger partial charge < -0.3 is 20.4 Å². The fourth-order valence-corrected chi connectivity index (χ4v) is 4.65. The van der Waals surface area contributed by atoms with Gasteiger partial charge in [0.2, 0.25) is 5.95 Å². The lowest BCUT2D eigenvalue weighted by atomic mass is 10.1. The largest absolute Gasteiger partial charge is 0.418 e. The van der Waals surface area contributed by atoms with E-state index in [0.717, 1.165) is 36.0 Å². The number of nitrogens with zero attached hydrogens (tertiary/aromatic N) is 7. The van der Waals surface area contributed by atoms with E-state index in [1.54, 1.807) is 0 Å². The minimum absolute atomic E-state index is 0.0700. The van der Waals surface area contributed by atoms with Crippen molar-refractivity contribution < 1.29 is 18.0 Å². The van der Waals surface area contributed by atoms with Gasteiger partial charge in [-0.3, -0.25) is 14.2 Å². The summed E-state index contributed by atoms with van der Waals surface area (Å²) in [6.45, 7) is 1.48. The number of likely N-dealkylation sites (tertiary alicyclic amines) is 1. The topological polar surface area (TPSA) is 121 Å². The summed E-state index contributed by atoms with van der Waals surface area (Å²) in [5.74, 6) is 4.49. The third-order valence-corrected chi connectivity index (χ3v) is 6.89. The summed E-state index contributed by atoms with van der Waals surface area (Å²) in [6.07, 6.45) is -0.678. The van der Waals surface area contributed by atoms with E-state index in [4.69, 9.17) is 0 Å². The monoisotopic (exact) mass is 591 g/mol. The van der Waals surface area contributed by atoms with Crippen LogP contribution >= 0.6 is 0 Å². The molecule has 1 atom stereocenters. The Hall–Kier alpha value is -5.03. The highest BCUT2D eigenvalue weighted by Gasteiger charge is 2.34. The summed E-state index contributed by atoms with van der Waals surface area (Å²) >= 11 is 0. The average molecular weight is 592 g/mol. The Bertz CT molecular complexity index is 1780. The molecule has 1 unspecified atom stereocenters. The van der Waals surface area contributed by atoms with Gasteiger partial charge in [0.15, 0.2) is 0 Å². The SMILES string of the molecule is CN1CCC(Nc2ccc(Nc3ncc4cc(C#CC(=O)N(C)C)c(=O)n(Cc5cnncc5C(F)(F)F)c4n3)cc2)C1. The van der Waals surface area contributed by atoms with Gasteiger partial charge in [-0.1, -0.05) is 5.92 Å². The molecule has 1 amide bonds. The van der Waals surface area contributed by atoms with Gasteiger partial charge in [0.25, 0.3) is 11.5 Å². The molecule has 222 valence electrons. The number of pyridine rings is 1. The van der Waals surface area contributed by atoms with Gasteiger partial charge in [0.1, 0.15) is 5.65 Å². The fourth-order valence-electron chi connectivity index (χ4n) is 4.65. The van der Waals surface area contributed by atoms with Crippen LogP contribution in [0.3, 0.4) is 0 Å². The summed E-state index contributed by atoms with van der Waals surface area (Å²) in [5, 5.41) is 13.9. The second kappa shape index (κ2) is 12.1. The van der Waals surface area contributed by atoms with Crippen molar-refractivity contribution in [1.82, 2.24) is 34.5 Å². The highest BCUT2D eigenvalue weighted by Crippen LogP contribution is 2.31. The van der Waals surface area contributed by atoms with Crippen LogP contribution in [0.2, 0.25) is 0 Å². The lowest BCUT2D eigenvalue weighted by Crippen LogP contribution is -2.26. The number of amides is 1. The van der Waals surface area contributed by atoms with Crippen molar-refractivity contribution in [2.75, 3.05) is 44.9 Å². The predicted molar refractivity (Wildman–Crippen MR) is 155 cm³/mol. The number of fused-ring (bicyclic) bond motifs is 1. The third kappa shape index (κ3) is 6.90. The second-order valence-corrected chi connectivity index (χ2v) is 10.4. The Labute approximate surface area is 244 Å². The number of benzene rings is 1. The molecule has 43 heavy (non-hydrogen) atoms. The number of hydrogen-bond acceptors (Lipinski definition) is 9. The van der Waals surface area contributed by atoms with Crippen LogP contribution < -0.4 is 16.2 Å². The predicted octanol–water partition coefficient (Wildman–Crippen LogP) is 2.95. The molecule has 0 saturated carbocycles. The van der Waals surface area contributed by atoms with Crippen molar-refractivity contribution in [3.05, 3.63) is 76.0 Å². The number of hydrogen-bond donors (Lipinski definition) is 2. The number of carbonyl (C=O) groups excluding carboxylic acids is 1. The van der Waals surface area contributed by atoms with Gasteiger partial charge in [-0.25, -0.2) is 4.98 Å². The van der Waals surface area contributed by atoms with Crippen LogP contribution in [0.5, 0.6) is 0 Å². The van der Waals surface area contributed by atoms with E-state index in [2.05, 4.69) is 54.6 Å². The Morgan fingerprint density at radius 2 is 1.84 bits per heavy atom. The van der Waals surface area contributed by atoms with E-state index in [-0.39, 0.29) is 22.7 Å². The average Bonchev–Trinajstić information content (AvgIpc) is 3.38. The van der Waals surface area contributed by atoms with Gasteiger partial charge in [-0.05, 0) is 50.3 Å². The molecule has 1 fully saturated rings. The van der Waals surface area contributed by atoms with Crippen LogP contribution in [0, 0.1) is 11.8 Å². The smallest absolute Gasteiger partial charge is 0.381 e. The van der Waals surface area contributed by atoms with E-state index >= 15 is 0 Å². The normalized spacial score (nSPS) is 15.2. The van der Waals surface area contributed by atoms with Crippen LogP contribution in [0.4, 0.5) is 30.5 Å². The van der Waals surface area contributed by atoms with Gasteiger partial charge in [0, 0.05) is 61.1 Å². The van der Waals surface area contributed by atoms with Crippen LogP contribution in [0.25, 0.3) is 11.0 Å². The quantitative estimate of drug-likeness (QED) is 0.326. The molecule has 0 spiro atoms. The fraction of sp³-hybridized carbons (Fsp3) is 0.310. The Morgan fingerprint density at radius 3 is 2.51 bits per heavy atom. The molecule has 1 aliphatic rings. The maximum atomic E-state index is 13.7. The van der Waals surface area contributed by atoms with E-state index < -0.39 is 29.8 Å². The number of halogens is 3. The van der Waals surface area contributed by atoms with Crippen molar-refractivity contribution in [3.63, 3.8) is 0 Å². The first-order chi connectivity index (χ1) is 20.5. The standard InChI is InChI=1S/C29H28F3N9O2/c1-39(2)25(42)9-4-18-12-19-13-33-28(37-22-7-5-21(6-8-22)36-23-10-11-40(3)17-23)38-26(19)41(27(18)43)16-20-14-34-35-15-24(20)29(30,31)32/h5-8,12-15,23,36H,10-11,16-17H2,1-3H3,(H,33,37,38). The van der Waals surface area contributed by atoms with E-state index in [1.165, 1.54) is 31.3 Å². The molecule has 4 aromatic rings. The molecular weight excluding hydrogens is 563 g/mol. The molecule has 1 aromatic carbocycles. The molecule has 14 heteroatoms. The molecule has 2 N–H and O–H groups in total. The minimum Gasteiger partial charge on any atom is -0.381 e. The molecule has 5 rings (SSSR count). The van der Waals surface area contributed by atoms with Gasteiger partial charge in [-0.15, -0.1) is 0 Å². The van der Waals surface area contributed by atoms with E-state index in [1.807, 2.05) is 24.3 Å². The Balaban J connectivity index is 1.51. The number of carbonyl (C=O) groups is 1. The summed E-state index contributed by atoms with van der Waals surface area (Å²) < 4.78 is 42.3. The summed E-state index contributed by atoms with van der Waals surface area (Å²) in [6, 6.07) is 9.32. The Kier molecular flexibility index (Phi) is 8.27. The molecule has 3 aromatic heterocycles. The van der Waals surface area contributed by atoms with E-state index in [9.17, 15) is 22.8 Å². The summed E-state index contributed by atoms with van der Waals surface area (Å²) in [4.78, 5) is 37.9. The third-order valence-electron chi connectivity index (χ3n) is 6.89. The number of aromatic nitrogens is 5. The molecule has 1 aliphatic heterocycles. The number of likely N-dealkylation sites (N-methyl/N-ethyl adjacent to an activating group) is 1. The lowest BCUT2D eigenvalue weighted by molar-refractivity contribution is -0.138. The van der Waals surface area contributed by atoms with Gasteiger partial charge in [-0.2, -0.15) is 28.4 Å². The van der Waals surface area contributed by atoms with Crippen LogP contribution in [0.1, 0.15) is 23.1 Å². The molecule has 0 aliphatic carbocycles. The van der Waals surface area contributed by atoms with Crippen molar-refractivity contribution in [1.29, 1.82) is 0 Å². The second-order valence-electron chi connectivity index (χ2n) is 10.4. The number of anilines is 3. The summed E-state index contributed by atoms with van der Waals surface area (Å²) in [5.41, 5.74) is -0.442. The maximum Gasteiger partial charge on any atom is 0.418 e. The highest BCUT2D eigenvalue weighted by molar-refractivity contribution is 5.94. The highest BCUT2D eigenvalue weighted by atomic mass is 19.4. The zero-order valence-electron chi connectivity index (χ0n) is 23.6. The van der Waals surface area contributed by atoms with Crippen molar-refractivity contribution in [3.8, 4) is 11.8 Å². The van der Waals surface area contributed by atoms with Crippen molar-refractivity contribution in [2.45, 2.75) is 25.2 Å². The van der Waals surface area contributed by atoms with Gasteiger partial charge >= 0.3 is 6.18 Å². The molecular formula is C29H28F3N9O2. The van der Waals surface area contributed by atoms with Crippen LogP contribution in [-0.4, -0.2) is 80.7 Å². The minimum atomic E-state index is -4.73. The molecule has 0 bridgehead atoms. The Morgan fingerprint density at radius 1 is 1.12 bits per heavy atom. The number of rotatable bonds is 6. The molecule has 11 nitrogen and oxygen atoms in total. The number of nitrogens with one attached hydrogen (secondary N) is 2. The van der Waals surface area contributed by atoms with Crippen molar-refractivity contribution in [2.24, 2.45) is 0 Å². The first kappa shape index (κ1) is 29.5. The lowest BCUT2D eigenvalue weighted by Gasteiger charge is -2.16. The van der Waals surface area contributed by atoms with Crippen LogP contribution in [0.15, 0.2) is 53.7 Å². The first-order valence-corrected chi connectivity index (χ1v) is 13.3. The van der Waals surface area contributed by atoms with Gasteiger partial charge in [0.05, 0.1) is 30.1 Å². The number of alkyl halides is 3. The van der Waals surface area contributed by atoms with E-state index in [0.29, 0.717) is 23.3 Å². The maximum absolute atomic E-state index is 13.7. The zero-order valence-corrected chi connectivity index (χ0v) is 23.6. The van der Waals surface area contributed by atoms with Crippen molar-refractivity contribution >= 4 is 34.3 Å². The van der Waals surface area contributed by atoms with Crippen LogP contribution in [-0.2, 0) is 17.5 Å². The molecule has 4 heterocycles. The summed E-state index contributed by atoms with van der Waals surface area (Å²) in [7, 11) is 5.10. The first-order valence-electron chi connectivity index (χ1n) is 13.3. The molecule has 0 radical (unpaired) electrons. The molecule has 1 saturated heterocycles.